The molecular weight excluding hydrogens is 346 g/mol. The molecule has 1 amide bonds. The molecule has 8 nitrogen and oxygen atoms in total. The molecule has 0 saturated heterocycles. The molecule has 146 valence electrons. The second kappa shape index (κ2) is 8.85. The van der Waals surface area contributed by atoms with E-state index in [1.807, 2.05) is 16.8 Å². The molecule has 2 heterocycles. The van der Waals surface area contributed by atoms with Crippen LogP contribution in [0.1, 0.15) is 37.9 Å². The number of pyridine rings is 1. The number of amides is 1. The van der Waals surface area contributed by atoms with Gasteiger partial charge in [0.25, 0.3) is 0 Å². The van der Waals surface area contributed by atoms with Crippen molar-refractivity contribution in [3.05, 3.63) is 30.1 Å². The number of nitrogens with one attached hydrogen (secondary N) is 2. The molecular formula is C19H27N5O3. The fourth-order valence-corrected chi connectivity index (χ4v) is 2.88. The van der Waals surface area contributed by atoms with Gasteiger partial charge in [-0.3, -0.25) is 4.68 Å². The molecule has 1 unspecified atom stereocenters. The topological polar surface area (TPSA) is 90.3 Å². The highest BCUT2D eigenvalue weighted by Crippen LogP contribution is 2.27. The molecule has 0 aromatic carbocycles. The Morgan fingerprint density at radius 1 is 1.37 bits per heavy atom. The highest BCUT2D eigenvalue weighted by molar-refractivity contribution is 5.66. The second-order valence-corrected chi connectivity index (χ2v) is 6.70. The average molecular weight is 373 g/mol. The van der Waals surface area contributed by atoms with Crippen molar-refractivity contribution in [2.75, 3.05) is 20.8 Å². The Bertz CT molecular complexity index is 755. The Labute approximate surface area is 159 Å². The number of hydrogen-bond donors (Lipinski definition) is 2. The van der Waals surface area contributed by atoms with Crippen LogP contribution in [0.2, 0.25) is 0 Å². The molecule has 27 heavy (non-hydrogen) atoms. The van der Waals surface area contributed by atoms with Crippen LogP contribution in [-0.2, 0) is 11.3 Å². The summed E-state index contributed by atoms with van der Waals surface area (Å²) in [6.45, 7) is 3.35. The van der Waals surface area contributed by atoms with Crippen molar-refractivity contribution in [3.63, 3.8) is 0 Å². The number of aryl methyl sites for hydroxylation is 1. The van der Waals surface area contributed by atoms with Crippen molar-refractivity contribution in [1.82, 2.24) is 25.4 Å². The number of ether oxygens (including phenoxy) is 2. The van der Waals surface area contributed by atoms with Crippen LogP contribution in [0, 0.1) is 0 Å². The van der Waals surface area contributed by atoms with Gasteiger partial charge in [-0.25, -0.2) is 9.78 Å². The number of alkyl carbamates (subject to hydrolysis) is 1. The van der Waals surface area contributed by atoms with Crippen molar-refractivity contribution in [2.45, 2.75) is 44.8 Å². The Kier molecular flexibility index (Phi) is 6.28. The first-order valence-corrected chi connectivity index (χ1v) is 9.26. The minimum Gasteiger partial charge on any atom is -0.481 e. The predicted octanol–water partition coefficient (Wildman–Crippen LogP) is 2.51. The minimum atomic E-state index is -0.419. The summed E-state index contributed by atoms with van der Waals surface area (Å²) >= 11 is 0. The monoisotopic (exact) mass is 373 g/mol. The summed E-state index contributed by atoms with van der Waals surface area (Å²) in [7, 11) is 2.96. The van der Waals surface area contributed by atoms with Gasteiger partial charge in [0.05, 0.1) is 25.6 Å². The van der Waals surface area contributed by atoms with Crippen LogP contribution < -0.4 is 15.4 Å². The lowest BCUT2D eigenvalue weighted by atomic mass is 10.1. The third-order valence-electron chi connectivity index (χ3n) is 4.55. The van der Waals surface area contributed by atoms with E-state index in [9.17, 15) is 4.79 Å². The maximum Gasteiger partial charge on any atom is 0.406 e. The normalized spacial score (nSPS) is 14.6. The Morgan fingerprint density at radius 2 is 2.19 bits per heavy atom. The molecule has 1 atom stereocenters. The number of carbonyl (C=O) groups excluding carboxylic acids is 1. The molecule has 1 saturated carbocycles. The van der Waals surface area contributed by atoms with Gasteiger partial charge in [-0.1, -0.05) is 0 Å². The first kappa shape index (κ1) is 19.2. The molecule has 8 heteroatoms. The van der Waals surface area contributed by atoms with Crippen molar-refractivity contribution in [1.29, 1.82) is 0 Å². The molecule has 1 fully saturated rings. The second-order valence-electron chi connectivity index (χ2n) is 6.70. The van der Waals surface area contributed by atoms with Crippen molar-refractivity contribution < 1.29 is 14.3 Å². The van der Waals surface area contributed by atoms with E-state index >= 15 is 0 Å². The molecule has 0 radical (unpaired) electrons. The lowest BCUT2D eigenvalue weighted by molar-refractivity contribution is 0.170. The SMILES string of the molecule is COC(=O)NCCCn1nc(C(C)NC2CC2)cc1-c1ccc(OC)nc1. The first-order chi connectivity index (χ1) is 13.1. The zero-order valence-corrected chi connectivity index (χ0v) is 16.1. The molecule has 2 aromatic rings. The standard InChI is InChI=1S/C19H27N5O3/c1-13(22-15-6-7-15)16-11-17(14-5-8-18(26-2)21-12-14)24(23-16)10-4-9-20-19(25)27-3/h5,8,11-13,15,22H,4,6-7,9-10H2,1-3H3,(H,20,25). The Morgan fingerprint density at radius 3 is 2.81 bits per heavy atom. The van der Waals surface area contributed by atoms with Crippen LogP contribution in [0.25, 0.3) is 11.3 Å². The van der Waals surface area contributed by atoms with Gasteiger partial charge in [0.15, 0.2) is 0 Å². The molecule has 1 aliphatic carbocycles. The van der Waals surface area contributed by atoms with Crippen LogP contribution >= 0.6 is 0 Å². The first-order valence-electron chi connectivity index (χ1n) is 9.26. The van der Waals surface area contributed by atoms with Crippen molar-refractivity contribution >= 4 is 6.09 Å². The summed E-state index contributed by atoms with van der Waals surface area (Å²) in [6, 6.07) is 6.74. The number of rotatable bonds is 9. The van der Waals surface area contributed by atoms with Crippen LogP contribution in [-0.4, -0.2) is 47.7 Å². The zero-order chi connectivity index (χ0) is 19.2. The lowest BCUT2D eigenvalue weighted by Gasteiger charge is -2.10. The highest BCUT2D eigenvalue weighted by Gasteiger charge is 2.25. The van der Waals surface area contributed by atoms with Crippen LogP contribution in [0.4, 0.5) is 4.79 Å². The molecule has 0 aliphatic heterocycles. The lowest BCUT2D eigenvalue weighted by Crippen LogP contribution is -2.25. The Balaban J connectivity index is 1.75. The molecule has 1 aliphatic rings. The smallest absolute Gasteiger partial charge is 0.406 e. The van der Waals surface area contributed by atoms with Gasteiger partial charge in [-0.2, -0.15) is 5.10 Å². The molecule has 0 bridgehead atoms. The summed E-state index contributed by atoms with van der Waals surface area (Å²) in [5.41, 5.74) is 2.99. The van der Waals surface area contributed by atoms with E-state index < -0.39 is 6.09 Å². The van der Waals surface area contributed by atoms with Gasteiger partial charge < -0.3 is 20.1 Å². The molecule has 3 rings (SSSR count). The van der Waals surface area contributed by atoms with Crippen molar-refractivity contribution in [3.8, 4) is 17.1 Å². The average Bonchev–Trinajstić information content (AvgIpc) is 3.40. The van der Waals surface area contributed by atoms with E-state index in [-0.39, 0.29) is 6.04 Å². The van der Waals surface area contributed by atoms with E-state index in [4.69, 9.17) is 9.84 Å². The zero-order valence-electron chi connectivity index (χ0n) is 16.1. The van der Waals surface area contributed by atoms with Gasteiger partial charge in [0, 0.05) is 43.0 Å². The van der Waals surface area contributed by atoms with Gasteiger partial charge in [0.2, 0.25) is 5.88 Å². The summed E-state index contributed by atoms with van der Waals surface area (Å²) in [6.07, 6.45) is 4.59. The fourth-order valence-electron chi connectivity index (χ4n) is 2.88. The van der Waals surface area contributed by atoms with E-state index in [2.05, 4.69) is 33.3 Å². The number of hydrogen-bond acceptors (Lipinski definition) is 6. The Hall–Kier alpha value is -2.61. The third-order valence-corrected chi connectivity index (χ3v) is 4.55. The molecule has 2 N–H and O–H groups in total. The summed E-state index contributed by atoms with van der Waals surface area (Å²) in [4.78, 5) is 15.5. The largest absolute Gasteiger partial charge is 0.481 e. The minimum absolute atomic E-state index is 0.192. The summed E-state index contributed by atoms with van der Waals surface area (Å²) < 4.78 is 11.7. The number of methoxy groups -OCH3 is 2. The van der Waals surface area contributed by atoms with Crippen molar-refractivity contribution in [2.24, 2.45) is 0 Å². The number of nitrogens with zero attached hydrogens (tertiary/aromatic N) is 3. The summed E-state index contributed by atoms with van der Waals surface area (Å²) in [5.74, 6) is 0.580. The molecule has 2 aromatic heterocycles. The molecule has 0 spiro atoms. The van der Waals surface area contributed by atoms with Crippen LogP contribution in [0.15, 0.2) is 24.4 Å². The highest BCUT2D eigenvalue weighted by atomic mass is 16.5. The predicted molar refractivity (Wildman–Crippen MR) is 102 cm³/mol. The van der Waals surface area contributed by atoms with Crippen LogP contribution in [0.5, 0.6) is 5.88 Å². The number of aromatic nitrogens is 3. The number of carbonyl (C=O) groups is 1. The third kappa shape index (κ3) is 5.19. The maximum absolute atomic E-state index is 11.2. The van der Waals surface area contributed by atoms with Gasteiger partial charge >= 0.3 is 6.09 Å². The van der Waals surface area contributed by atoms with Gasteiger partial charge in [-0.15, -0.1) is 0 Å². The van der Waals surface area contributed by atoms with Crippen LogP contribution in [0.3, 0.4) is 0 Å². The quantitative estimate of drug-likeness (QED) is 0.657. The van der Waals surface area contributed by atoms with E-state index in [0.717, 1.165) is 23.4 Å². The fraction of sp³-hybridized carbons (Fsp3) is 0.526. The van der Waals surface area contributed by atoms with E-state index in [1.165, 1.54) is 20.0 Å². The van der Waals surface area contributed by atoms with Gasteiger partial charge in [-0.05, 0) is 38.3 Å². The summed E-state index contributed by atoms with van der Waals surface area (Å²) in [5, 5.41) is 11.1. The van der Waals surface area contributed by atoms with E-state index in [1.54, 1.807) is 13.3 Å². The van der Waals surface area contributed by atoms with E-state index in [0.29, 0.717) is 25.0 Å². The maximum atomic E-state index is 11.2. The van der Waals surface area contributed by atoms with Gasteiger partial charge in [0.1, 0.15) is 0 Å².